The first kappa shape index (κ1) is 16.3. The summed E-state index contributed by atoms with van der Waals surface area (Å²) >= 11 is 0. The Morgan fingerprint density at radius 2 is 1.86 bits per heavy atom. The molecule has 21 heavy (non-hydrogen) atoms. The molecule has 5 nitrogen and oxygen atoms in total. The molecule has 1 saturated carbocycles. The van der Waals surface area contributed by atoms with Crippen LogP contribution in [0.2, 0.25) is 0 Å². The second-order valence-electron chi connectivity index (χ2n) is 6.41. The smallest absolute Gasteiger partial charge is 0.224 e. The molecule has 2 amide bonds. The molecule has 0 bridgehead atoms. The van der Waals surface area contributed by atoms with E-state index in [1.165, 1.54) is 6.42 Å². The van der Waals surface area contributed by atoms with Gasteiger partial charge in [0.25, 0.3) is 0 Å². The van der Waals surface area contributed by atoms with E-state index in [4.69, 9.17) is 0 Å². The molecule has 0 aromatic heterocycles. The lowest BCUT2D eigenvalue weighted by molar-refractivity contribution is -0.133. The van der Waals surface area contributed by atoms with E-state index in [0.29, 0.717) is 19.5 Å². The molecule has 0 aromatic carbocycles. The number of carbonyl (C=O) groups excluding carboxylic acids is 2. The van der Waals surface area contributed by atoms with E-state index in [1.54, 1.807) is 0 Å². The number of likely N-dealkylation sites (tertiary alicyclic amines) is 1. The number of aliphatic hydroxyl groups excluding tert-OH is 1. The molecule has 5 heteroatoms. The maximum atomic E-state index is 12.1. The third-order valence-corrected chi connectivity index (χ3v) is 4.74. The van der Waals surface area contributed by atoms with Crippen molar-refractivity contribution >= 4 is 11.8 Å². The van der Waals surface area contributed by atoms with Gasteiger partial charge in [-0.05, 0) is 31.6 Å². The quantitative estimate of drug-likeness (QED) is 0.803. The molecule has 1 unspecified atom stereocenters. The van der Waals surface area contributed by atoms with Gasteiger partial charge < -0.3 is 15.3 Å². The molecular formula is C16H28N2O3. The van der Waals surface area contributed by atoms with Crippen LogP contribution in [0.15, 0.2) is 0 Å². The average Bonchev–Trinajstić information content (AvgIpc) is 2.55. The normalized spacial score (nSPS) is 23.9. The van der Waals surface area contributed by atoms with Crippen molar-refractivity contribution < 1.29 is 14.7 Å². The minimum absolute atomic E-state index is 0.0945. The monoisotopic (exact) mass is 296 g/mol. The molecule has 1 heterocycles. The van der Waals surface area contributed by atoms with E-state index in [-0.39, 0.29) is 30.3 Å². The van der Waals surface area contributed by atoms with Crippen LogP contribution in [-0.4, -0.2) is 48.1 Å². The summed E-state index contributed by atoms with van der Waals surface area (Å²) in [4.78, 5) is 25.9. The number of piperidine rings is 1. The van der Waals surface area contributed by atoms with E-state index in [2.05, 4.69) is 5.32 Å². The molecule has 2 rings (SSSR count). The molecule has 1 saturated heterocycles. The van der Waals surface area contributed by atoms with Crippen molar-refractivity contribution in [2.24, 2.45) is 11.8 Å². The van der Waals surface area contributed by atoms with Crippen molar-refractivity contribution in [3.05, 3.63) is 0 Å². The van der Waals surface area contributed by atoms with Gasteiger partial charge in [-0.3, -0.25) is 9.59 Å². The molecular weight excluding hydrogens is 268 g/mol. The highest BCUT2D eigenvalue weighted by molar-refractivity contribution is 5.80. The fourth-order valence-electron chi connectivity index (χ4n) is 3.40. The maximum absolute atomic E-state index is 12.1. The molecule has 2 aliphatic rings. The Bertz CT molecular complexity index is 353. The topological polar surface area (TPSA) is 69.6 Å². The SMILES string of the molecule is O=C(NCCC(=O)N1CCCC(CO)C1)C1CCCCC1. The van der Waals surface area contributed by atoms with Crippen LogP contribution >= 0.6 is 0 Å². The van der Waals surface area contributed by atoms with Crippen molar-refractivity contribution in [3.63, 3.8) is 0 Å². The maximum Gasteiger partial charge on any atom is 0.224 e. The lowest BCUT2D eigenvalue weighted by atomic mass is 9.89. The summed E-state index contributed by atoms with van der Waals surface area (Å²) in [5.74, 6) is 0.591. The van der Waals surface area contributed by atoms with Gasteiger partial charge >= 0.3 is 0 Å². The van der Waals surface area contributed by atoms with E-state index < -0.39 is 0 Å². The number of amides is 2. The van der Waals surface area contributed by atoms with Gasteiger partial charge in [-0.25, -0.2) is 0 Å². The highest BCUT2D eigenvalue weighted by atomic mass is 16.3. The molecule has 1 atom stereocenters. The predicted molar refractivity (Wildman–Crippen MR) is 80.6 cm³/mol. The summed E-state index contributed by atoms with van der Waals surface area (Å²) in [6.45, 7) is 2.04. The van der Waals surface area contributed by atoms with Crippen LogP contribution < -0.4 is 5.32 Å². The third-order valence-electron chi connectivity index (χ3n) is 4.74. The lowest BCUT2D eigenvalue weighted by Gasteiger charge is -2.32. The Morgan fingerprint density at radius 1 is 1.10 bits per heavy atom. The number of nitrogens with one attached hydrogen (secondary N) is 1. The Hall–Kier alpha value is -1.10. The van der Waals surface area contributed by atoms with E-state index in [9.17, 15) is 14.7 Å². The Morgan fingerprint density at radius 3 is 2.57 bits per heavy atom. The molecule has 0 radical (unpaired) electrons. The van der Waals surface area contributed by atoms with Gasteiger partial charge in [-0.2, -0.15) is 0 Å². The fourth-order valence-corrected chi connectivity index (χ4v) is 3.40. The first-order valence-electron chi connectivity index (χ1n) is 8.37. The largest absolute Gasteiger partial charge is 0.396 e. The number of carbonyl (C=O) groups is 2. The van der Waals surface area contributed by atoms with Gasteiger partial charge in [-0.1, -0.05) is 19.3 Å². The number of aliphatic hydroxyl groups is 1. The average molecular weight is 296 g/mol. The zero-order valence-electron chi connectivity index (χ0n) is 12.9. The highest BCUT2D eigenvalue weighted by Gasteiger charge is 2.24. The number of nitrogens with zero attached hydrogens (tertiary/aromatic N) is 1. The number of rotatable bonds is 5. The standard InChI is InChI=1S/C16H28N2O3/c19-12-13-5-4-10-18(11-13)15(20)8-9-17-16(21)14-6-2-1-3-7-14/h13-14,19H,1-12H2,(H,17,21). The van der Waals surface area contributed by atoms with Crippen molar-refractivity contribution in [3.8, 4) is 0 Å². The summed E-state index contributed by atoms with van der Waals surface area (Å²) in [6, 6.07) is 0. The predicted octanol–water partition coefficient (Wildman–Crippen LogP) is 1.30. The second kappa shape index (κ2) is 8.37. The summed E-state index contributed by atoms with van der Waals surface area (Å²) < 4.78 is 0. The van der Waals surface area contributed by atoms with Crippen LogP contribution in [0.3, 0.4) is 0 Å². The first-order valence-corrected chi connectivity index (χ1v) is 8.37. The molecule has 0 aromatic rings. The minimum atomic E-state index is 0.0945. The van der Waals surface area contributed by atoms with Crippen molar-refractivity contribution in [2.45, 2.75) is 51.4 Å². The van der Waals surface area contributed by atoms with Crippen molar-refractivity contribution in [1.29, 1.82) is 0 Å². The fraction of sp³-hybridized carbons (Fsp3) is 0.875. The van der Waals surface area contributed by atoms with Crippen molar-refractivity contribution in [2.75, 3.05) is 26.2 Å². The summed E-state index contributed by atoms with van der Waals surface area (Å²) in [6.07, 6.45) is 7.85. The minimum Gasteiger partial charge on any atom is -0.396 e. The molecule has 1 aliphatic heterocycles. The summed E-state index contributed by atoms with van der Waals surface area (Å²) in [5.41, 5.74) is 0. The molecule has 2 N–H and O–H groups in total. The molecule has 2 fully saturated rings. The van der Waals surface area contributed by atoms with Crippen molar-refractivity contribution in [1.82, 2.24) is 10.2 Å². The van der Waals surface area contributed by atoms with Crippen LogP contribution in [0.4, 0.5) is 0 Å². The van der Waals surface area contributed by atoms with Gasteiger partial charge in [-0.15, -0.1) is 0 Å². The Kier molecular flexibility index (Phi) is 6.49. The van der Waals surface area contributed by atoms with Crippen LogP contribution in [-0.2, 0) is 9.59 Å². The number of hydrogen-bond donors (Lipinski definition) is 2. The highest BCUT2D eigenvalue weighted by Crippen LogP contribution is 2.23. The lowest BCUT2D eigenvalue weighted by Crippen LogP contribution is -2.42. The molecule has 120 valence electrons. The van der Waals surface area contributed by atoms with Crippen LogP contribution in [0.1, 0.15) is 51.4 Å². The summed E-state index contributed by atoms with van der Waals surface area (Å²) in [5, 5.41) is 12.1. The first-order chi connectivity index (χ1) is 10.2. The zero-order valence-corrected chi connectivity index (χ0v) is 12.9. The van der Waals surface area contributed by atoms with E-state index in [0.717, 1.165) is 45.1 Å². The second-order valence-corrected chi connectivity index (χ2v) is 6.41. The van der Waals surface area contributed by atoms with Crippen LogP contribution in [0.5, 0.6) is 0 Å². The van der Waals surface area contributed by atoms with Gasteiger partial charge in [0.15, 0.2) is 0 Å². The third kappa shape index (κ3) is 4.99. The van der Waals surface area contributed by atoms with Gasteiger partial charge in [0, 0.05) is 38.6 Å². The van der Waals surface area contributed by atoms with Crippen LogP contribution in [0.25, 0.3) is 0 Å². The molecule has 0 spiro atoms. The van der Waals surface area contributed by atoms with E-state index >= 15 is 0 Å². The Balaban J connectivity index is 1.65. The molecule has 1 aliphatic carbocycles. The zero-order chi connectivity index (χ0) is 15.1. The summed E-state index contributed by atoms with van der Waals surface area (Å²) in [7, 11) is 0. The number of hydrogen-bond acceptors (Lipinski definition) is 3. The van der Waals surface area contributed by atoms with Gasteiger partial charge in [0.2, 0.25) is 11.8 Å². The Labute approximate surface area is 127 Å². The van der Waals surface area contributed by atoms with Gasteiger partial charge in [0.1, 0.15) is 0 Å². The van der Waals surface area contributed by atoms with Gasteiger partial charge in [0.05, 0.1) is 0 Å². The van der Waals surface area contributed by atoms with E-state index in [1.807, 2.05) is 4.90 Å². The van der Waals surface area contributed by atoms with Crippen LogP contribution in [0, 0.1) is 11.8 Å².